The lowest BCUT2D eigenvalue weighted by Gasteiger charge is -2.27. The molecule has 1 unspecified atom stereocenters. The predicted octanol–water partition coefficient (Wildman–Crippen LogP) is 6.89. The van der Waals surface area contributed by atoms with Crippen molar-refractivity contribution in [3.8, 4) is 0 Å². The molecule has 4 nitrogen and oxygen atoms in total. The number of aliphatic hydroxyl groups is 1. The molecule has 0 aromatic heterocycles. The first-order valence-corrected chi connectivity index (χ1v) is 14.3. The lowest BCUT2D eigenvalue weighted by molar-refractivity contribution is -0.122. The Balaban J connectivity index is 1.34. The average molecular weight is 497 g/mol. The number of fused-ring (bicyclic) bond motifs is 1. The highest BCUT2D eigenvalue weighted by Gasteiger charge is 2.46. The molecule has 2 heterocycles. The summed E-state index contributed by atoms with van der Waals surface area (Å²) in [6, 6.07) is 17.5. The third kappa shape index (κ3) is 4.24. The van der Waals surface area contributed by atoms with Gasteiger partial charge in [-0.1, -0.05) is 87.6 Å². The van der Waals surface area contributed by atoms with Crippen LogP contribution in [0.4, 0.5) is 0 Å². The molecule has 2 fully saturated rings. The van der Waals surface area contributed by atoms with E-state index in [2.05, 4.69) is 55.5 Å². The van der Waals surface area contributed by atoms with Gasteiger partial charge in [0.25, 0.3) is 5.91 Å². The molecule has 0 saturated heterocycles. The summed E-state index contributed by atoms with van der Waals surface area (Å²) >= 11 is 0. The fourth-order valence-electron chi connectivity index (χ4n) is 7.21. The van der Waals surface area contributed by atoms with E-state index in [1.807, 2.05) is 19.0 Å². The zero-order chi connectivity index (χ0) is 25.7. The number of amides is 1. The fraction of sp³-hybridized carbons (Fsp3) is 0.485. The maximum Gasteiger partial charge on any atom is 0.260 e. The topological polar surface area (TPSA) is 43.8 Å². The first kappa shape index (κ1) is 24.5. The van der Waals surface area contributed by atoms with Gasteiger partial charge in [0.05, 0.1) is 17.0 Å². The normalized spacial score (nSPS) is 26.9. The number of carbonyl (C=O) groups excluding carboxylic acids is 1. The Bertz CT molecular complexity index is 1230. The van der Waals surface area contributed by atoms with Crippen LogP contribution >= 0.6 is 0 Å². The second-order valence-electron chi connectivity index (χ2n) is 11.9. The highest BCUT2D eigenvalue weighted by atomic mass is 16.3. The molecule has 1 N–H and O–H groups in total. The van der Waals surface area contributed by atoms with Gasteiger partial charge in [-0.15, -0.1) is 0 Å². The number of likely N-dealkylation sites (N-methyl/N-ethyl adjacent to an activating group) is 2. The third-order valence-electron chi connectivity index (χ3n) is 9.53. The Morgan fingerprint density at radius 1 is 0.703 bits per heavy atom. The Hall–Kier alpha value is -2.85. The van der Waals surface area contributed by atoms with Crippen molar-refractivity contribution in [2.75, 3.05) is 14.1 Å². The van der Waals surface area contributed by atoms with Crippen LogP contribution in [0.1, 0.15) is 98.8 Å². The minimum Gasteiger partial charge on any atom is -0.369 e. The van der Waals surface area contributed by atoms with Gasteiger partial charge in [-0.05, 0) is 65.7 Å². The second-order valence-corrected chi connectivity index (χ2v) is 11.9. The molecular weight excluding hydrogens is 456 g/mol. The summed E-state index contributed by atoms with van der Waals surface area (Å²) in [6.07, 6.45) is 10.8. The van der Waals surface area contributed by atoms with Crippen molar-refractivity contribution in [2.45, 2.75) is 82.8 Å². The lowest BCUT2D eigenvalue weighted by atomic mass is 9.79. The highest BCUT2D eigenvalue weighted by molar-refractivity contribution is 6.16. The van der Waals surface area contributed by atoms with Crippen molar-refractivity contribution < 1.29 is 9.90 Å². The Morgan fingerprint density at radius 3 is 1.78 bits per heavy atom. The van der Waals surface area contributed by atoms with Crippen LogP contribution in [-0.2, 0) is 4.79 Å². The molecular formula is C33H40N2O2. The number of hydrogen-bond donors (Lipinski definition) is 1. The number of hydrogen-bond acceptors (Lipinski definition) is 3. The average Bonchev–Trinajstić information content (AvgIpc) is 3.34. The van der Waals surface area contributed by atoms with Crippen LogP contribution in [0.25, 0.3) is 11.4 Å². The van der Waals surface area contributed by atoms with E-state index in [1.165, 1.54) is 68.9 Å². The Labute approximate surface area is 221 Å². The van der Waals surface area contributed by atoms with Gasteiger partial charge >= 0.3 is 0 Å². The lowest BCUT2D eigenvalue weighted by Crippen LogP contribution is -2.28. The summed E-state index contributed by atoms with van der Waals surface area (Å²) < 4.78 is 0. The molecule has 0 radical (unpaired) electrons. The quantitative estimate of drug-likeness (QED) is 0.501. The molecule has 2 aliphatic heterocycles. The molecule has 37 heavy (non-hydrogen) atoms. The second kappa shape index (κ2) is 9.79. The summed E-state index contributed by atoms with van der Waals surface area (Å²) in [7, 11) is 3.73. The molecule has 0 spiro atoms. The molecule has 2 aliphatic carbocycles. The Morgan fingerprint density at radius 2 is 1.22 bits per heavy atom. The SMILES string of the molecule is CN1C(=O)C2=C(c3ccc([C@H]4CC[C@H](C)CC4)cc3)N(C)C(O)C2=C1c1ccc(C2CCCCC2)cc1. The van der Waals surface area contributed by atoms with Crippen LogP contribution in [0.3, 0.4) is 0 Å². The van der Waals surface area contributed by atoms with Crippen LogP contribution < -0.4 is 0 Å². The van der Waals surface area contributed by atoms with Gasteiger partial charge in [-0.2, -0.15) is 0 Å². The standard InChI is InChI=1S/C33H40N2O2/c1-21-9-11-23(12-10-21)25-15-19-27(20-16-25)31-29-28(32(36)35(31)3)30(34(2)33(29)37)26-17-13-24(14-18-26)22-7-5-4-6-8-22/h13-23,32,36H,4-12H2,1-3H3/t21-,23-,32?. The summed E-state index contributed by atoms with van der Waals surface area (Å²) in [5, 5.41) is 11.4. The molecule has 2 aromatic rings. The summed E-state index contributed by atoms with van der Waals surface area (Å²) in [5.74, 6) is 2.08. The van der Waals surface area contributed by atoms with Crippen LogP contribution in [-0.4, -0.2) is 41.1 Å². The van der Waals surface area contributed by atoms with Crippen molar-refractivity contribution in [2.24, 2.45) is 5.92 Å². The van der Waals surface area contributed by atoms with Gasteiger partial charge < -0.3 is 14.9 Å². The summed E-state index contributed by atoms with van der Waals surface area (Å²) in [6.45, 7) is 2.36. The van der Waals surface area contributed by atoms with Gasteiger partial charge in [0, 0.05) is 19.7 Å². The third-order valence-corrected chi connectivity index (χ3v) is 9.53. The van der Waals surface area contributed by atoms with Crippen molar-refractivity contribution >= 4 is 17.3 Å². The van der Waals surface area contributed by atoms with Gasteiger partial charge in [0.15, 0.2) is 6.23 Å². The minimum atomic E-state index is -0.841. The minimum absolute atomic E-state index is 0.0369. The number of nitrogens with zero attached hydrogens (tertiary/aromatic N) is 2. The van der Waals surface area contributed by atoms with E-state index in [0.29, 0.717) is 17.4 Å². The van der Waals surface area contributed by atoms with Gasteiger partial charge in [-0.3, -0.25) is 4.79 Å². The zero-order valence-electron chi connectivity index (χ0n) is 22.5. The van der Waals surface area contributed by atoms with Crippen molar-refractivity contribution in [3.05, 3.63) is 81.9 Å². The molecule has 2 aromatic carbocycles. The number of benzene rings is 2. The van der Waals surface area contributed by atoms with Crippen LogP contribution in [0.5, 0.6) is 0 Å². The van der Waals surface area contributed by atoms with Crippen molar-refractivity contribution in [1.82, 2.24) is 9.80 Å². The molecule has 0 bridgehead atoms. The molecule has 1 atom stereocenters. The van der Waals surface area contributed by atoms with Crippen molar-refractivity contribution in [3.63, 3.8) is 0 Å². The monoisotopic (exact) mass is 496 g/mol. The van der Waals surface area contributed by atoms with E-state index in [1.54, 1.807) is 4.90 Å². The van der Waals surface area contributed by atoms with Crippen LogP contribution in [0, 0.1) is 5.92 Å². The van der Waals surface area contributed by atoms with E-state index in [0.717, 1.165) is 34.0 Å². The van der Waals surface area contributed by atoms with Crippen molar-refractivity contribution in [1.29, 1.82) is 0 Å². The first-order valence-electron chi connectivity index (χ1n) is 14.3. The zero-order valence-corrected chi connectivity index (χ0v) is 22.5. The molecule has 194 valence electrons. The van der Waals surface area contributed by atoms with E-state index >= 15 is 0 Å². The molecule has 2 saturated carbocycles. The number of aliphatic hydroxyl groups excluding tert-OH is 1. The van der Waals surface area contributed by atoms with E-state index in [-0.39, 0.29) is 5.91 Å². The molecule has 4 aliphatic rings. The van der Waals surface area contributed by atoms with E-state index in [9.17, 15) is 9.90 Å². The summed E-state index contributed by atoms with van der Waals surface area (Å²) in [4.78, 5) is 17.2. The van der Waals surface area contributed by atoms with E-state index in [4.69, 9.17) is 0 Å². The highest BCUT2D eigenvalue weighted by Crippen LogP contribution is 2.47. The fourth-order valence-corrected chi connectivity index (χ4v) is 7.21. The Kier molecular flexibility index (Phi) is 6.48. The van der Waals surface area contributed by atoms with Crippen LogP contribution in [0.2, 0.25) is 0 Å². The van der Waals surface area contributed by atoms with Gasteiger partial charge in [0.1, 0.15) is 0 Å². The van der Waals surface area contributed by atoms with E-state index < -0.39 is 6.23 Å². The molecule has 1 amide bonds. The first-order chi connectivity index (χ1) is 17.9. The van der Waals surface area contributed by atoms with Crippen LogP contribution in [0.15, 0.2) is 59.7 Å². The smallest absolute Gasteiger partial charge is 0.260 e. The van der Waals surface area contributed by atoms with Gasteiger partial charge in [0.2, 0.25) is 0 Å². The maximum atomic E-state index is 13.6. The molecule has 6 rings (SSSR count). The van der Waals surface area contributed by atoms with Gasteiger partial charge in [-0.25, -0.2) is 0 Å². The number of rotatable bonds is 4. The molecule has 4 heteroatoms. The maximum absolute atomic E-state index is 13.6. The largest absolute Gasteiger partial charge is 0.369 e. The summed E-state index contributed by atoms with van der Waals surface area (Å²) in [5.41, 5.74) is 7.82. The number of carbonyl (C=O) groups is 1. The predicted molar refractivity (Wildman–Crippen MR) is 149 cm³/mol.